The van der Waals surface area contributed by atoms with Gasteiger partial charge in [0.2, 0.25) is 11.8 Å². The molecule has 1 N–H and O–H groups in total. The van der Waals surface area contributed by atoms with E-state index in [1.54, 1.807) is 17.0 Å². The van der Waals surface area contributed by atoms with Crippen LogP contribution in [-0.4, -0.2) is 47.8 Å². The molecule has 0 bridgehead atoms. The van der Waals surface area contributed by atoms with Gasteiger partial charge in [-0.15, -0.1) is 0 Å². The van der Waals surface area contributed by atoms with Gasteiger partial charge in [0.15, 0.2) is 5.06 Å². The second kappa shape index (κ2) is 9.87. The third-order valence-electron chi connectivity index (χ3n) is 6.76. The highest BCUT2D eigenvalue weighted by atomic mass is 35.5. The first kappa shape index (κ1) is 23.6. The number of hydrogen-bond donors (Lipinski definition) is 1. The number of benzene rings is 1. The predicted molar refractivity (Wildman–Crippen MR) is 134 cm³/mol. The lowest BCUT2D eigenvalue weighted by atomic mass is 9.89. The Balaban J connectivity index is 1.29. The standard InChI is InChI=1S/C26H26ClN3O4S/c1-29-12-4-8-18(24(29)31)17-6-2-5-16(13-17)14-30-15-20-19(25(30)32)7-3-9-21(20)28-26(33)34-23-11-10-22(27)35-23/h2-3,5-6,9-11,13,18-19H,4,7-8,12,14-15H2,1H3,(H,28,33). The molecule has 1 aromatic carbocycles. The monoisotopic (exact) mass is 511 g/mol. The molecule has 1 aliphatic carbocycles. The summed E-state index contributed by atoms with van der Waals surface area (Å²) in [5.74, 6) is -0.220. The van der Waals surface area contributed by atoms with Crippen LogP contribution in [-0.2, 0) is 16.1 Å². The second-order valence-corrected chi connectivity index (χ2v) is 10.8. The lowest BCUT2D eigenvalue weighted by molar-refractivity contribution is -0.134. The topological polar surface area (TPSA) is 79.0 Å². The highest BCUT2D eigenvalue weighted by molar-refractivity contribution is 7.17. The molecule has 3 heterocycles. The van der Waals surface area contributed by atoms with Crippen molar-refractivity contribution in [1.29, 1.82) is 0 Å². The molecule has 0 spiro atoms. The van der Waals surface area contributed by atoms with E-state index in [0.717, 1.165) is 36.1 Å². The lowest BCUT2D eigenvalue weighted by Crippen LogP contribution is -2.37. The predicted octanol–water partition coefficient (Wildman–Crippen LogP) is 4.70. The summed E-state index contributed by atoms with van der Waals surface area (Å²) >= 11 is 7.07. The average Bonchev–Trinajstić information content (AvgIpc) is 3.39. The average molecular weight is 512 g/mol. The number of ether oxygens (including phenoxy) is 1. The van der Waals surface area contributed by atoms with Crippen molar-refractivity contribution in [2.75, 3.05) is 20.1 Å². The van der Waals surface area contributed by atoms with Crippen molar-refractivity contribution in [1.82, 2.24) is 15.1 Å². The minimum absolute atomic E-state index is 0.0425. The van der Waals surface area contributed by atoms with E-state index in [-0.39, 0.29) is 23.7 Å². The maximum absolute atomic E-state index is 13.2. The van der Waals surface area contributed by atoms with E-state index in [1.165, 1.54) is 11.3 Å². The molecule has 2 fully saturated rings. The third-order valence-corrected chi connectivity index (χ3v) is 7.87. The van der Waals surface area contributed by atoms with Gasteiger partial charge in [-0.25, -0.2) is 4.79 Å². The van der Waals surface area contributed by atoms with Crippen molar-refractivity contribution in [2.45, 2.75) is 31.7 Å². The summed E-state index contributed by atoms with van der Waals surface area (Å²) in [5.41, 5.74) is 3.49. The first-order valence-corrected chi connectivity index (χ1v) is 12.8. The van der Waals surface area contributed by atoms with Gasteiger partial charge in [-0.1, -0.05) is 53.3 Å². The van der Waals surface area contributed by atoms with Crippen LogP contribution >= 0.6 is 22.9 Å². The highest BCUT2D eigenvalue weighted by Gasteiger charge is 2.38. The van der Waals surface area contributed by atoms with Crippen LogP contribution in [0.3, 0.4) is 0 Å². The summed E-state index contributed by atoms with van der Waals surface area (Å²) in [5, 5.41) is 3.19. The quantitative estimate of drug-likeness (QED) is 0.631. The number of rotatable bonds is 5. The molecule has 2 saturated heterocycles. The number of likely N-dealkylation sites (N-methyl/N-ethyl adjacent to an activating group) is 1. The zero-order chi connectivity index (χ0) is 24.5. The molecule has 0 radical (unpaired) electrons. The van der Waals surface area contributed by atoms with E-state index in [1.807, 2.05) is 48.4 Å². The van der Waals surface area contributed by atoms with E-state index in [4.69, 9.17) is 16.3 Å². The van der Waals surface area contributed by atoms with Gasteiger partial charge in [-0.3, -0.25) is 14.9 Å². The largest absolute Gasteiger partial charge is 0.417 e. The molecular weight excluding hydrogens is 486 g/mol. The molecule has 9 heteroatoms. The Morgan fingerprint density at radius 1 is 1.20 bits per heavy atom. The van der Waals surface area contributed by atoms with E-state index < -0.39 is 6.09 Å². The zero-order valence-electron chi connectivity index (χ0n) is 19.3. The molecule has 5 rings (SSSR count). The Hall–Kier alpha value is -3.10. The summed E-state index contributed by atoms with van der Waals surface area (Å²) in [4.78, 5) is 41.8. The number of carbonyl (C=O) groups is 3. The van der Waals surface area contributed by atoms with Crippen LogP contribution < -0.4 is 10.1 Å². The summed E-state index contributed by atoms with van der Waals surface area (Å²) in [6.07, 6.45) is 5.56. The molecule has 2 unspecified atom stereocenters. The van der Waals surface area contributed by atoms with E-state index in [9.17, 15) is 14.4 Å². The van der Waals surface area contributed by atoms with Gasteiger partial charge in [0.25, 0.3) is 0 Å². The minimum atomic E-state index is -0.614. The summed E-state index contributed by atoms with van der Waals surface area (Å²) in [6, 6.07) is 11.3. The normalized spacial score (nSPS) is 22.0. The smallest absolute Gasteiger partial charge is 0.399 e. The van der Waals surface area contributed by atoms with Crippen molar-refractivity contribution in [2.24, 2.45) is 5.92 Å². The van der Waals surface area contributed by atoms with Gasteiger partial charge >= 0.3 is 6.09 Å². The maximum Gasteiger partial charge on any atom is 0.417 e. The van der Waals surface area contributed by atoms with Gasteiger partial charge in [-0.05, 0) is 54.2 Å². The number of likely N-dealkylation sites (tertiary alicyclic amines) is 2. The number of amides is 3. The maximum atomic E-state index is 13.2. The lowest BCUT2D eigenvalue weighted by Gasteiger charge is -2.29. The van der Waals surface area contributed by atoms with Crippen LogP contribution in [0.25, 0.3) is 0 Å². The number of allylic oxidation sites excluding steroid dienone is 2. The summed E-state index contributed by atoms with van der Waals surface area (Å²) in [6.45, 7) is 1.69. The Morgan fingerprint density at radius 3 is 2.86 bits per heavy atom. The van der Waals surface area contributed by atoms with Crippen molar-refractivity contribution < 1.29 is 19.1 Å². The Kier molecular flexibility index (Phi) is 6.67. The molecule has 2 aromatic rings. The molecule has 2 atom stereocenters. The van der Waals surface area contributed by atoms with Crippen LogP contribution in [0.5, 0.6) is 5.06 Å². The number of carbonyl (C=O) groups excluding carboxylic acids is 3. The number of halogens is 1. The Labute approximate surface area is 213 Å². The van der Waals surface area contributed by atoms with E-state index in [2.05, 4.69) is 5.32 Å². The van der Waals surface area contributed by atoms with Crippen molar-refractivity contribution in [3.05, 3.63) is 75.3 Å². The summed E-state index contributed by atoms with van der Waals surface area (Å²) in [7, 11) is 1.85. The Morgan fingerprint density at radius 2 is 2.06 bits per heavy atom. The molecule has 1 aromatic heterocycles. The van der Waals surface area contributed by atoms with Crippen molar-refractivity contribution in [3.63, 3.8) is 0 Å². The number of nitrogens with one attached hydrogen (secondary N) is 1. The molecule has 7 nitrogen and oxygen atoms in total. The highest BCUT2D eigenvalue weighted by Crippen LogP contribution is 2.35. The number of thiophene rings is 1. The summed E-state index contributed by atoms with van der Waals surface area (Å²) < 4.78 is 5.84. The molecule has 2 aliphatic heterocycles. The number of piperidine rings is 1. The Bertz CT molecular complexity index is 1240. The van der Waals surface area contributed by atoms with Gasteiger partial charge in [0.1, 0.15) is 0 Å². The molecule has 3 aliphatic rings. The first-order chi connectivity index (χ1) is 16.9. The van der Waals surface area contributed by atoms with Crippen LogP contribution in [0.4, 0.5) is 4.79 Å². The van der Waals surface area contributed by atoms with Gasteiger partial charge in [-0.2, -0.15) is 0 Å². The minimum Gasteiger partial charge on any atom is -0.399 e. The van der Waals surface area contributed by atoms with E-state index >= 15 is 0 Å². The van der Waals surface area contributed by atoms with Gasteiger partial charge in [0, 0.05) is 32.4 Å². The molecular formula is C26H26ClN3O4S. The van der Waals surface area contributed by atoms with Crippen LogP contribution in [0.2, 0.25) is 4.34 Å². The van der Waals surface area contributed by atoms with Crippen LogP contribution in [0.1, 0.15) is 36.3 Å². The number of nitrogens with zero attached hydrogens (tertiary/aromatic N) is 2. The van der Waals surface area contributed by atoms with Crippen molar-refractivity contribution >= 4 is 40.8 Å². The molecule has 3 amide bonds. The molecule has 182 valence electrons. The fourth-order valence-corrected chi connectivity index (χ4v) is 5.89. The van der Waals surface area contributed by atoms with Crippen molar-refractivity contribution in [3.8, 4) is 5.06 Å². The van der Waals surface area contributed by atoms with E-state index in [0.29, 0.717) is 34.6 Å². The third kappa shape index (κ3) is 4.99. The second-order valence-electron chi connectivity index (χ2n) is 9.10. The first-order valence-electron chi connectivity index (χ1n) is 11.7. The fourth-order valence-electron chi connectivity index (χ4n) is 5.01. The fraction of sp³-hybridized carbons (Fsp3) is 0.346. The molecule has 35 heavy (non-hydrogen) atoms. The van der Waals surface area contributed by atoms with Crippen LogP contribution in [0, 0.1) is 5.92 Å². The van der Waals surface area contributed by atoms with Gasteiger partial charge in [0.05, 0.1) is 16.2 Å². The number of hydrogen-bond acceptors (Lipinski definition) is 5. The SMILES string of the molecule is CN1CCCC(c2cccc(CN3CC4=C(NC(=O)Oc5ccc(Cl)s5)C=CCC4C3=O)c2)C1=O. The number of fused-ring (bicyclic) bond motifs is 1. The zero-order valence-corrected chi connectivity index (χ0v) is 20.9. The van der Waals surface area contributed by atoms with Gasteiger partial charge < -0.3 is 14.5 Å². The van der Waals surface area contributed by atoms with Crippen LogP contribution in [0.15, 0.2) is 59.8 Å². The molecule has 0 saturated carbocycles.